The van der Waals surface area contributed by atoms with Crippen molar-refractivity contribution in [3.63, 3.8) is 0 Å². The highest BCUT2D eigenvalue weighted by Gasteiger charge is 2.23. The topological polar surface area (TPSA) is 44.4 Å². The number of hydrogen-bond acceptors (Lipinski definition) is 3. The summed E-state index contributed by atoms with van der Waals surface area (Å²) in [6, 6.07) is 6.54. The van der Waals surface area contributed by atoms with E-state index >= 15 is 0 Å². The van der Waals surface area contributed by atoms with E-state index in [4.69, 9.17) is 0 Å². The highest BCUT2D eigenvalue weighted by molar-refractivity contribution is 5.94. The molecule has 2 N–H and O–H groups in total. The van der Waals surface area contributed by atoms with Gasteiger partial charge in [0, 0.05) is 31.2 Å². The van der Waals surface area contributed by atoms with E-state index in [1.54, 1.807) is 0 Å². The van der Waals surface area contributed by atoms with Gasteiger partial charge in [0.15, 0.2) is 0 Å². The van der Waals surface area contributed by atoms with Gasteiger partial charge in [-0.05, 0) is 49.2 Å². The van der Waals surface area contributed by atoms with Gasteiger partial charge in [-0.25, -0.2) is 0 Å². The number of nitrogens with zero attached hydrogens (tertiary/aromatic N) is 1. The van der Waals surface area contributed by atoms with Crippen molar-refractivity contribution in [2.45, 2.75) is 38.9 Å². The number of amides is 1. The third-order valence-electron chi connectivity index (χ3n) is 4.50. The molecule has 0 aliphatic carbocycles. The molecular formula is C16H25Cl2N3O. The molecule has 0 bridgehead atoms. The normalized spacial score (nSPS) is 20.0. The van der Waals surface area contributed by atoms with Gasteiger partial charge < -0.3 is 10.6 Å². The van der Waals surface area contributed by atoms with Crippen molar-refractivity contribution < 1.29 is 4.79 Å². The fraction of sp³-hybridized carbons (Fsp3) is 0.562. The van der Waals surface area contributed by atoms with Crippen LogP contribution in [0.25, 0.3) is 0 Å². The van der Waals surface area contributed by atoms with Crippen molar-refractivity contribution in [2.75, 3.05) is 19.6 Å². The van der Waals surface area contributed by atoms with Crippen LogP contribution in [0.3, 0.4) is 0 Å². The second-order valence-electron chi connectivity index (χ2n) is 5.72. The quantitative estimate of drug-likeness (QED) is 0.880. The maximum atomic E-state index is 12.2. The van der Waals surface area contributed by atoms with Crippen LogP contribution in [0.2, 0.25) is 0 Å². The van der Waals surface area contributed by atoms with Gasteiger partial charge in [-0.2, -0.15) is 0 Å². The van der Waals surface area contributed by atoms with Crippen LogP contribution in [0.5, 0.6) is 0 Å². The second kappa shape index (κ2) is 8.73. The Morgan fingerprint density at radius 1 is 1.32 bits per heavy atom. The van der Waals surface area contributed by atoms with Crippen LogP contribution in [0.15, 0.2) is 18.2 Å². The Balaban J connectivity index is 0.00000121. The van der Waals surface area contributed by atoms with Crippen molar-refractivity contribution in [1.82, 2.24) is 15.5 Å². The van der Waals surface area contributed by atoms with Crippen molar-refractivity contribution >= 4 is 30.7 Å². The number of likely N-dealkylation sites (N-methyl/N-ethyl adjacent to an activating group) is 1. The molecule has 1 aromatic rings. The number of carbonyl (C=O) groups excluding carboxylic acids is 1. The molecule has 2 aliphatic rings. The Morgan fingerprint density at radius 3 is 2.86 bits per heavy atom. The first-order valence-corrected chi connectivity index (χ1v) is 7.62. The zero-order chi connectivity index (χ0) is 13.9. The van der Waals surface area contributed by atoms with E-state index in [0.29, 0.717) is 6.04 Å². The van der Waals surface area contributed by atoms with Crippen LogP contribution in [0.1, 0.15) is 41.3 Å². The molecule has 1 amide bonds. The number of rotatable bonds is 4. The lowest BCUT2D eigenvalue weighted by atomic mass is 10.1. The average Bonchev–Trinajstić information content (AvgIpc) is 3.12. The Hall–Kier alpha value is -0.810. The minimum atomic E-state index is 0. The monoisotopic (exact) mass is 345 g/mol. The molecule has 4 nitrogen and oxygen atoms in total. The summed E-state index contributed by atoms with van der Waals surface area (Å²) >= 11 is 0. The molecule has 2 heterocycles. The van der Waals surface area contributed by atoms with E-state index in [2.05, 4.69) is 28.5 Å². The Bertz CT molecular complexity index is 510. The molecular weight excluding hydrogens is 321 g/mol. The van der Waals surface area contributed by atoms with Crippen LogP contribution in [-0.4, -0.2) is 36.5 Å². The van der Waals surface area contributed by atoms with E-state index < -0.39 is 0 Å². The van der Waals surface area contributed by atoms with Gasteiger partial charge in [-0.15, -0.1) is 24.8 Å². The number of carbonyl (C=O) groups is 1. The lowest BCUT2D eigenvalue weighted by molar-refractivity contribution is 0.0941. The number of benzene rings is 1. The van der Waals surface area contributed by atoms with E-state index in [1.807, 2.05) is 12.1 Å². The third-order valence-corrected chi connectivity index (χ3v) is 4.50. The molecule has 0 spiro atoms. The molecule has 22 heavy (non-hydrogen) atoms. The largest absolute Gasteiger partial charge is 0.350 e. The first kappa shape index (κ1) is 19.2. The maximum absolute atomic E-state index is 12.2. The number of halogens is 2. The summed E-state index contributed by atoms with van der Waals surface area (Å²) in [4.78, 5) is 14.7. The zero-order valence-corrected chi connectivity index (χ0v) is 14.6. The number of nitrogens with one attached hydrogen (secondary N) is 2. The number of hydrogen-bond donors (Lipinski definition) is 2. The van der Waals surface area contributed by atoms with Crippen LogP contribution in [0, 0.1) is 0 Å². The van der Waals surface area contributed by atoms with Crippen molar-refractivity contribution in [1.29, 1.82) is 0 Å². The number of fused-ring (bicyclic) bond motifs is 1. The summed E-state index contributed by atoms with van der Waals surface area (Å²) in [5.74, 6) is 0.0580. The summed E-state index contributed by atoms with van der Waals surface area (Å²) in [7, 11) is 0. The SMILES string of the molecule is CCN1CCCC1CNC(=O)c1ccc2c(c1)CNC2.Cl.Cl. The fourth-order valence-corrected chi connectivity index (χ4v) is 3.29. The summed E-state index contributed by atoms with van der Waals surface area (Å²) in [5, 5.41) is 6.40. The molecule has 3 rings (SSSR count). The van der Waals surface area contributed by atoms with Crippen LogP contribution >= 0.6 is 24.8 Å². The molecule has 1 aromatic carbocycles. The van der Waals surface area contributed by atoms with E-state index in [0.717, 1.165) is 31.7 Å². The van der Waals surface area contributed by atoms with Gasteiger partial charge in [0.2, 0.25) is 0 Å². The highest BCUT2D eigenvalue weighted by Crippen LogP contribution is 2.18. The Morgan fingerprint density at radius 2 is 2.09 bits per heavy atom. The minimum Gasteiger partial charge on any atom is -0.350 e. The predicted octanol–water partition coefficient (Wildman–Crippen LogP) is 2.35. The minimum absolute atomic E-state index is 0. The third kappa shape index (κ3) is 4.13. The molecule has 1 unspecified atom stereocenters. The summed E-state index contributed by atoms with van der Waals surface area (Å²) in [6.45, 7) is 7.00. The lowest BCUT2D eigenvalue weighted by Crippen LogP contribution is -2.40. The molecule has 0 saturated carbocycles. The average molecular weight is 346 g/mol. The molecule has 0 radical (unpaired) electrons. The van der Waals surface area contributed by atoms with Crippen molar-refractivity contribution in [3.8, 4) is 0 Å². The van der Waals surface area contributed by atoms with Gasteiger partial charge in [-0.1, -0.05) is 13.0 Å². The van der Waals surface area contributed by atoms with Crippen molar-refractivity contribution in [3.05, 3.63) is 34.9 Å². The molecule has 2 aliphatic heterocycles. The standard InChI is InChI=1S/C16H23N3O.2ClH/c1-2-19-7-3-4-15(19)11-18-16(20)12-5-6-13-9-17-10-14(13)8-12;;/h5-6,8,15,17H,2-4,7,9-11H2,1H3,(H,18,20);2*1H. The summed E-state index contributed by atoms with van der Waals surface area (Å²) < 4.78 is 0. The fourth-order valence-electron chi connectivity index (χ4n) is 3.29. The predicted molar refractivity (Wildman–Crippen MR) is 94.1 cm³/mol. The van der Waals surface area contributed by atoms with E-state index in [-0.39, 0.29) is 30.7 Å². The Labute approximate surface area is 144 Å². The summed E-state index contributed by atoms with van der Waals surface area (Å²) in [5.41, 5.74) is 3.36. The van der Waals surface area contributed by atoms with Gasteiger partial charge in [-0.3, -0.25) is 9.69 Å². The lowest BCUT2D eigenvalue weighted by Gasteiger charge is -2.22. The van der Waals surface area contributed by atoms with Gasteiger partial charge in [0.25, 0.3) is 5.91 Å². The van der Waals surface area contributed by atoms with Gasteiger partial charge in [0.1, 0.15) is 0 Å². The molecule has 1 saturated heterocycles. The second-order valence-corrected chi connectivity index (χ2v) is 5.72. The van der Waals surface area contributed by atoms with Gasteiger partial charge >= 0.3 is 0 Å². The smallest absolute Gasteiger partial charge is 0.251 e. The molecule has 124 valence electrons. The summed E-state index contributed by atoms with van der Waals surface area (Å²) in [6.07, 6.45) is 2.45. The first-order chi connectivity index (χ1) is 9.78. The van der Waals surface area contributed by atoms with Crippen LogP contribution in [-0.2, 0) is 13.1 Å². The number of likely N-dealkylation sites (tertiary alicyclic amines) is 1. The van der Waals surface area contributed by atoms with Crippen LogP contribution < -0.4 is 10.6 Å². The Kier molecular flexibility index (Phi) is 7.63. The molecule has 6 heteroatoms. The van der Waals surface area contributed by atoms with Crippen LogP contribution in [0.4, 0.5) is 0 Å². The van der Waals surface area contributed by atoms with E-state index in [1.165, 1.54) is 30.5 Å². The van der Waals surface area contributed by atoms with Crippen molar-refractivity contribution in [2.24, 2.45) is 0 Å². The molecule has 0 aromatic heterocycles. The molecule has 1 fully saturated rings. The highest BCUT2D eigenvalue weighted by atomic mass is 35.5. The maximum Gasteiger partial charge on any atom is 0.251 e. The first-order valence-electron chi connectivity index (χ1n) is 7.62. The van der Waals surface area contributed by atoms with Gasteiger partial charge in [0.05, 0.1) is 0 Å². The van der Waals surface area contributed by atoms with E-state index in [9.17, 15) is 4.79 Å². The zero-order valence-electron chi connectivity index (χ0n) is 12.9. The molecule has 1 atom stereocenters.